The molecule has 1 fully saturated rings. The Bertz CT molecular complexity index is 1260. The molecule has 0 aromatic heterocycles. The van der Waals surface area contributed by atoms with E-state index >= 15 is 0 Å². The zero-order valence-electron chi connectivity index (χ0n) is 25.8. The lowest BCUT2D eigenvalue weighted by molar-refractivity contribution is 0.0135. The van der Waals surface area contributed by atoms with E-state index in [1.807, 2.05) is 0 Å². The minimum atomic E-state index is -6.02. The SMILES string of the molecule is CC(C)(O)CN1CCN(CC(C)(O)P(=O)(O)O)CCN(CC(O)(P(=O)(O)O)P(=O)(O)O)CCN(CC(O)(P(=O)(O)O)P(=O)(O)O)CC1. The number of aliphatic hydroxyl groups is 4. The van der Waals surface area contributed by atoms with E-state index in [1.54, 1.807) is 4.90 Å². The van der Waals surface area contributed by atoms with E-state index in [4.69, 9.17) is 0 Å². The van der Waals surface area contributed by atoms with Crippen LogP contribution < -0.4 is 0 Å². The molecular weight excluding hydrogens is 743 g/mol. The molecule has 0 spiro atoms. The molecule has 0 aromatic carbocycles. The molecule has 1 aliphatic heterocycles. The van der Waals surface area contributed by atoms with Crippen LogP contribution in [0.4, 0.5) is 0 Å². The first-order valence-electron chi connectivity index (χ1n) is 13.6. The van der Waals surface area contributed by atoms with Gasteiger partial charge in [-0.05, 0) is 20.8 Å². The van der Waals surface area contributed by atoms with Crippen LogP contribution in [-0.4, -0.2) is 189 Å². The quantitative estimate of drug-likeness (QED) is 0.0788. The van der Waals surface area contributed by atoms with Gasteiger partial charge in [-0.15, -0.1) is 0 Å². The topological polar surface area (TPSA) is 382 Å². The maximum Gasteiger partial charge on any atom is 0.370 e. The molecule has 0 saturated carbocycles. The van der Waals surface area contributed by atoms with Crippen LogP contribution in [0.2, 0.25) is 0 Å². The summed E-state index contributed by atoms with van der Waals surface area (Å²) in [5, 5.41) is 31.5. The van der Waals surface area contributed by atoms with Crippen LogP contribution >= 0.6 is 38.0 Å². The average Bonchev–Trinajstić information content (AvgIpc) is 2.80. The lowest BCUT2D eigenvalue weighted by Crippen LogP contribution is -2.54. The molecule has 1 unspecified atom stereocenters. The zero-order valence-corrected chi connectivity index (χ0v) is 30.3. The van der Waals surface area contributed by atoms with Crippen molar-refractivity contribution in [2.45, 2.75) is 41.9 Å². The van der Waals surface area contributed by atoms with Crippen molar-refractivity contribution in [2.24, 2.45) is 0 Å². The summed E-state index contributed by atoms with van der Waals surface area (Å²) in [4.78, 5) is 101. The third-order valence-electron chi connectivity index (χ3n) is 7.43. The van der Waals surface area contributed by atoms with Gasteiger partial charge in [0, 0.05) is 65.4 Å². The van der Waals surface area contributed by atoms with Crippen molar-refractivity contribution in [1.29, 1.82) is 0 Å². The lowest BCUT2D eigenvalue weighted by atomic mass is 10.1. The summed E-state index contributed by atoms with van der Waals surface area (Å²) in [6.07, 6.45) is 0. The molecule has 0 aliphatic carbocycles. The summed E-state index contributed by atoms with van der Waals surface area (Å²) in [6, 6.07) is 0. The first kappa shape index (κ1) is 45.5. The smallest absolute Gasteiger partial charge is 0.370 e. The van der Waals surface area contributed by atoms with E-state index in [1.165, 1.54) is 18.7 Å². The summed E-state index contributed by atoms with van der Waals surface area (Å²) in [5.74, 6) is 0. The van der Waals surface area contributed by atoms with Crippen LogP contribution in [0, 0.1) is 0 Å². The maximum absolute atomic E-state index is 12.1. The molecule has 23 nitrogen and oxygen atoms in total. The van der Waals surface area contributed by atoms with Gasteiger partial charge in [-0.25, -0.2) is 0 Å². The Morgan fingerprint density at radius 3 is 0.809 bits per heavy atom. The van der Waals surface area contributed by atoms with Crippen molar-refractivity contribution < 1.29 is 92.2 Å². The monoisotopic (exact) mass is 790 g/mol. The molecule has 1 heterocycles. The normalized spacial score (nSPS) is 21.2. The van der Waals surface area contributed by atoms with Crippen molar-refractivity contribution in [1.82, 2.24) is 19.6 Å². The number of nitrogens with zero attached hydrogens (tertiary/aromatic N) is 4. The second kappa shape index (κ2) is 15.6. The predicted molar refractivity (Wildman–Crippen MR) is 163 cm³/mol. The molecule has 282 valence electrons. The number of hydrogen-bond acceptors (Lipinski definition) is 13. The third-order valence-corrected chi connectivity index (χ3v) is 16.2. The van der Waals surface area contributed by atoms with E-state index in [0.29, 0.717) is 0 Å². The molecule has 0 radical (unpaired) electrons. The summed E-state index contributed by atoms with van der Waals surface area (Å²) < 4.78 is 60.3. The molecule has 14 N–H and O–H groups in total. The van der Waals surface area contributed by atoms with E-state index in [2.05, 4.69) is 0 Å². The Labute approximate surface area is 270 Å². The second-order valence-electron chi connectivity index (χ2n) is 12.4. The van der Waals surface area contributed by atoms with Gasteiger partial charge < -0.3 is 69.4 Å². The van der Waals surface area contributed by atoms with Gasteiger partial charge in [0.15, 0.2) is 5.34 Å². The highest BCUT2D eigenvalue weighted by Gasteiger charge is 2.61. The fourth-order valence-electron chi connectivity index (χ4n) is 4.58. The predicted octanol–water partition coefficient (Wildman–Crippen LogP) is -4.13. The van der Waals surface area contributed by atoms with Gasteiger partial charge in [-0.2, -0.15) is 0 Å². The fraction of sp³-hybridized carbons (Fsp3) is 1.00. The second-order valence-corrected chi connectivity index (χ2v) is 22.5. The molecular formula is C19H47N4O19P5. The molecule has 1 aliphatic rings. The molecule has 1 saturated heterocycles. The highest BCUT2D eigenvalue weighted by atomic mass is 31.2. The molecule has 1 rings (SSSR count). The minimum Gasteiger partial charge on any atom is -0.389 e. The summed E-state index contributed by atoms with van der Waals surface area (Å²) in [5.41, 5.74) is -1.37. The molecule has 47 heavy (non-hydrogen) atoms. The van der Waals surface area contributed by atoms with E-state index in [0.717, 1.165) is 16.7 Å². The molecule has 28 heteroatoms. The van der Waals surface area contributed by atoms with Crippen molar-refractivity contribution in [3.63, 3.8) is 0 Å². The third kappa shape index (κ3) is 12.6. The number of β-amino-alcohol motifs (C(OH)–C–C–N with tert-alkyl or cyclic N) is 4. The van der Waals surface area contributed by atoms with E-state index in [-0.39, 0.29) is 39.3 Å². The Hall–Kier alpha value is 0.430. The molecule has 0 aromatic rings. The summed E-state index contributed by atoms with van der Waals surface area (Å²) >= 11 is 0. The Kier molecular flexibility index (Phi) is 15.1. The van der Waals surface area contributed by atoms with Crippen LogP contribution in [0.25, 0.3) is 0 Å². The van der Waals surface area contributed by atoms with Crippen molar-refractivity contribution in [3.05, 3.63) is 0 Å². The van der Waals surface area contributed by atoms with Gasteiger partial charge in [0.05, 0.1) is 18.7 Å². The van der Waals surface area contributed by atoms with Gasteiger partial charge in [0.25, 0.3) is 10.2 Å². The standard InChI is InChI=1S/C19H47N4O19P5/c1-16(2,24)12-20-4-6-21(13-17(3,25)43(28,29)30)7-9-23(15-19(27,46(37,38)39)47(40,41)42)11-10-22(8-5-20)14-18(26,44(31,32)33)45(34,35)36/h24-27H,4-15H2,1-3H3,(H2,28,29,30)(H2,31,32,33)(H2,34,35,36)(H2,37,38,39)(H2,40,41,42). The highest BCUT2D eigenvalue weighted by molar-refractivity contribution is 7.72. The molecule has 1 atom stereocenters. The summed E-state index contributed by atoms with van der Waals surface area (Å²) in [7, 11) is -29.2. The van der Waals surface area contributed by atoms with Crippen LogP contribution in [0.3, 0.4) is 0 Å². The van der Waals surface area contributed by atoms with Crippen LogP contribution in [0.1, 0.15) is 20.8 Å². The van der Waals surface area contributed by atoms with Crippen LogP contribution in [-0.2, 0) is 22.8 Å². The average molecular weight is 790 g/mol. The van der Waals surface area contributed by atoms with Crippen molar-refractivity contribution in [3.8, 4) is 0 Å². The van der Waals surface area contributed by atoms with Crippen LogP contribution in [0.15, 0.2) is 0 Å². The first-order chi connectivity index (χ1) is 20.6. The maximum atomic E-state index is 12.1. The Morgan fingerprint density at radius 2 is 0.617 bits per heavy atom. The largest absolute Gasteiger partial charge is 0.389 e. The first-order valence-corrected chi connectivity index (χ1v) is 21.7. The zero-order chi connectivity index (χ0) is 37.3. The Morgan fingerprint density at radius 1 is 0.404 bits per heavy atom. The van der Waals surface area contributed by atoms with Gasteiger partial charge in [-0.3, -0.25) is 42.4 Å². The van der Waals surface area contributed by atoms with Gasteiger partial charge in [0.2, 0.25) is 0 Å². The fourth-order valence-corrected chi connectivity index (χ4v) is 9.22. The highest BCUT2D eigenvalue weighted by Crippen LogP contribution is 2.68. The van der Waals surface area contributed by atoms with E-state index in [9.17, 15) is 92.2 Å². The number of rotatable bonds is 13. The van der Waals surface area contributed by atoms with Gasteiger partial charge in [-0.1, -0.05) is 0 Å². The summed E-state index contributed by atoms with van der Waals surface area (Å²) in [6.45, 7) is -2.66. The lowest BCUT2D eigenvalue weighted by Gasteiger charge is -2.40. The van der Waals surface area contributed by atoms with Crippen molar-refractivity contribution in [2.75, 3.05) is 78.5 Å². The Balaban J connectivity index is 3.71. The van der Waals surface area contributed by atoms with Crippen LogP contribution in [0.5, 0.6) is 0 Å². The molecule has 0 bridgehead atoms. The van der Waals surface area contributed by atoms with Crippen molar-refractivity contribution >= 4 is 38.0 Å². The number of hydrogen-bond donors (Lipinski definition) is 14. The molecule has 0 amide bonds. The van der Waals surface area contributed by atoms with Gasteiger partial charge >= 0.3 is 38.0 Å². The van der Waals surface area contributed by atoms with E-state index < -0.39 is 98.4 Å². The minimum absolute atomic E-state index is 0.0504. The van der Waals surface area contributed by atoms with Gasteiger partial charge in [0.1, 0.15) is 0 Å².